The average molecular weight is 425 g/mol. The molecule has 0 atom stereocenters. The van der Waals surface area contributed by atoms with Gasteiger partial charge in [0.25, 0.3) is 5.91 Å². The molecule has 1 rings (SSSR count). The first kappa shape index (κ1) is 15.4. The fourth-order valence-corrected chi connectivity index (χ4v) is 2.44. The van der Waals surface area contributed by atoms with Gasteiger partial charge in [-0.2, -0.15) is 0 Å². The zero-order chi connectivity index (χ0) is 13.9. The maximum atomic E-state index is 12.1. The highest BCUT2D eigenvalue weighted by Crippen LogP contribution is 2.20. The summed E-state index contributed by atoms with van der Waals surface area (Å²) in [6.45, 7) is 3.52. The lowest BCUT2D eigenvalue weighted by atomic mass is 9.99. The molecular weight excluding hydrogens is 411 g/mol. The van der Waals surface area contributed by atoms with Crippen molar-refractivity contribution in [2.45, 2.75) is 25.8 Å². The maximum absolute atomic E-state index is 12.1. The van der Waals surface area contributed by atoms with Crippen LogP contribution >= 0.6 is 38.5 Å². The van der Waals surface area contributed by atoms with Crippen LogP contribution in [0.5, 0.6) is 0 Å². The molecule has 0 unspecified atom stereocenters. The van der Waals surface area contributed by atoms with Gasteiger partial charge in [0.1, 0.15) is 0 Å². The number of carbonyl (C=O) groups is 2. The van der Waals surface area contributed by atoms with Crippen molar-refractivity contribution in [3.63, 3.8) is 0 Å². The zero-order valence-corrected chi connectivity index (χ0v) is 13.8. The number of hydrogen-bond donors (Lipinski definition) is 2. The molecule has 4 nitrogen and oxygen atoms in total. The van der Waals surface area contributed by atoms with Gasteiger partial charge >= 0.3 is 0 Å². The third-order valence-electron chi connectivity index (χ3n) is 2.24. The van der Waals surface area contributed by atoms with Crippen LogP contribution in [0.3, 0.4) is 0 Å². The summed E-state index contributed by atoms with van der Waals surface area (Å²) in [5.41, 5.74) is 5.02. The molecule has 0 aliphatic rings. The second-order valence-electron chi connectivity index (χ2n) is 4.61. The van der Waals surface area contributed by atoms with Crippen molar-refractivity contribution in [2.75, 3.05) is 0 Å². The van der Waals surface area contributed by atoms with Crippen molar-refractivity contribution < 1.29 is 9.59 Å². The van der Waals surface area contributed by atoms with Crippen LogP contribution in [0.4, 0.5) is 0 Å². The molecule has 98 valence electrons. The molecule has 0 bridgehead atoms. The molecule has 2 amide bonds. The first-order chi connectivity index (χ1) is 8.21. The summed E-state index contributed by atoms with van der Waals surface area (Å²) in [7, 11) is 0. The number of amides is 2. The normalized spacial score (nSPS) is 11.1. The van der Waals surface area contributed by atoms with Crippen LogP contribution in [0.25, 0.3) is 0 Å². The van der Waals surface area contributed by atoms with Gasteiger partial charge in [0.2, 0.25) is 5.91 Å². The fourth-order valence-electron chi connectivity index (χ4n) is 1.53. The molecule has 18 heavy (non-hydrogen) atoms. The summed E-state index contributed by atoms with van der Waals surface area (Å²) in [4.78, 5) is 23.0. The quantitative estimate of drug-likeness (QED) is 0.728. The van der Waals surface area contributed by atoms with Gasteiger partial charge in [-0.15, -0.1) is 0 Å². The SMILES string of the molecule is CC(C)(CC(N)=O)NC(=O)c1cc(I)ccc1Br. The Bertz CT molecular complexity index is 489. The van der Waals surface area contributed by atoms with E-state index < -0.39 is 11.4 Å². The van der Waals surface area contributed by atoms with E-state index in [1.807, 2.05) is 12.1 Å². The van der Waals surface area contributed by atoms with E-state index >= 15 is 0 Å². The number of benzene rings is 1. The Morgan fingerprint density at radius 2 is 2.06 bits per heavy atom. The third-order valence-corrected chi connectivity index (χ3v) is 3.60. The summed E-state index contributed by atoms with van der Waals surface area (Å²) in [5.74, 6) is -0.673. The molecule has 3 N–H and O–H groups in total. The minimum absolute atomic E-state index is 0.0975. The number of nitrogens with one attached hydrogen (secondary N) is 1. The second kappa shape index (κ2) is 6.01. The van der Waals surface area contributed by atoms with Crippen LogP contribution in [-0.2, 0) is 4.79 Å². The van der Waals surface area contributed by atoms with Crippen molar-refractivity contribution in [3.05, 3.63) is 31.8 Å². The van der Waals surface area contributed by atoms with E-state index in [0.717, 1.165) is 8.04 Å². The number of carbonyl (C=O) groups excluding carboxylic acids is 2. The monoisotopic (exact) mass is 424 g/mol. The zero-order valence-electron chi connectivity index (χ0n) is 10.1. The van der Waals surface area contributed by atoms with Gasteiger partial charge in [-0.3, -0.25) is 9.59 Å². The number of hydrogen-bond acceptors (Lipinski definition) is 2. The number of primary amides is 1. The molecule has 0 saturated carbocycles. The Morgan fingerprint density at radius 3 is 2.61 bits per heavy atom. The molecule has 0 aromatic heterocycles. The summed E-state index contributed by atoms with van der Waals surface area (Å²) in [6.07, 6.45) is 0.0975. The smallest absolute Gasteiger partial charge is 0.252 e. The van der Waals surface area contributed by atoms with Crippen LogP contribution < -0.4 is 11.1 Å². The lowest BCUT2D eigenvalue weighted by Gasteiger charge is -2.25. The molecule has 1 aromatic carbocycles. The number of rotatable bonds is 4. The minimum atomic E-state index is -0.663. The Balaban J connectivity index is 2.88. The molecule has 6 heteroatoms. The molecule has 0 spiro atoms. The number of halogens is 2. The van der Waals surface area contributed by atoms with Gasteiger partial charge in [0.15, 0.2) is 0 Å². The van der Waals surface area contributed by atoms with E-state index in [9.17, 15) is 9.59 Å². The largest absolute Gasteiger partial charge is 0.370 e. The van der Waals surface area contributed by atoms with Crippen LogP contribution in [0.15, 0.2) is 22.7 Å². The van der Waals surface area contributed by atoms with E-state index in [1.54, 1.807) is 19.9 Å². The lowest BCUT2D eigenvalue weighted by molar-refractivity contribution is -0.119. The highest BCUT2D eigenvalue weighted by molar-refractivity contribution is 14.1. The predicted octanol–water partition coefficient (Wildman–Crippen LogP) is 2.44. The van der Waals surface area contributed by atoms with Crippen LogP contribution in [0.2, 0.25) is 0 Å². The van der Waals surface area contributed by atoms with Crippen molar-refractivity contribution >= 4 is 50.3 Å². The van der Waals surface area contributed by atoms with Crippen LogP contribution in [-0.4, -0.2) is 17.4 Å². The highest BCUT2D eigenvalue weighted by Gasteiger charge is 2.24. The molecule has 0 aliphatic heterocycles. The summed E-state index contributed by atoms with van der Waals surface area (Å²) >= 11 is 5.47. The molecule has 0 saturated heterocycles. The minimum Gasteiger partial charge on any atom is -0.370 e. The Hall–Kier alpha value is -0.630. The predicted molar refractivity (Wildman–Crippen MR) is 82.2 cm³/mol. The van der Waals surface area contributed by atoms with Gasteiger partial charge < -0.3 is 11.1 Å². The van der Waals surface area contributed by atoms with Gasteiger partial charge in [-0.05, 0) is 70.6 Å². The first-order valence-corrected chi connectivity index (χ1v) is 7.14. The molecule has 0 heterocycles. The highest BCUT2D eigenvalue weighted by atomic mass is 127. The van der Waals surface area contributed by atoms with E-state index in [0.29, 0.717) is 5.56 Å². The molecule has 0 aliphatic carbocycles. The second-order valence-corrected chi connectivity index (χ2v) is 6.71. The van der Waals surface area contributed by atoms with Gasteiger partial charge in [0.05, 0.1) is 5.56 Å². The van der Waals surface area contributed by atoms with Crippen molar-refractivity contribution in [1.82, 2.24) is 5.32 Å². The van der Waals surface area contributed by atoms with Crippen molar-refractivity contribution in [2.24, 2.45) is 5.73 Å². The maximum Gasteiger partial charge on any atom is 0.252 e. The number of nitrogens with two attached hydrogens (primary N) is 1. The molecule has 0 radical (unpaired) electrons. The topological polar surface area (TPSA) is 72.2 Å². The summed E-state index contributed by atoms with van der Waals surface area (Å²) < 4.78 is 1.68. The third kappa shape index (κ3) is 4.56. The fraction of sp³-hybridized carbons (Fsp3) is 0.333. The standard InChI is InChI=1S/C12H14BrIN2O2/c1-12(2,6-10(15)17)16-11(18)8-5-7(14)3-4-9(8)13/h3-5H,6H2,1-2H3,(H2,15,17)(H,16,18). The summed E-state index contributed by atoms with van der Waals surface area (Å²) in [5, 5.41) is 2.80. The van der Waals surface area contributed by atoms with Crippen LogP contribution in [0, 0.1) is 3.57 Å². The summed E-state index contributed by atoms with van der Waals surface area (Å²) in [6, 6.07) is 5.49. The lowest BCUT2D eigenvalue weighted by Crippen LogP contribution is -2.46. The van der Waals surface area contributed by atoms with Gasteiger partial charge in [-0.1, -0.05) is 0 Å². The van der Waals surface area contributed by atoms with E-state index in [1.165, 1.54) is 0 Å². The van der Waals surface area contributed by atoms with E-state index in [2.05, 4.69) is 43.8 Å². The van der Waals surface area contributed by atoms with Crippen molar-refractivity contribution in [1.29, 1.82) is 0 Å². The molecule has 1 aromatic rings. The Labute approximate surface area is 128 Å². The van der Waals surface area contributed by atoms with Crippen LogP contribution in [0.1, 0.15) is 30.6 Å². The van der Waals surface area contributed by atoms with Crippen molar-refractivity contribution in [3.8, 4) is 0 Å². The molecular formula is C12H14BrIN2O2. The molecule has 0 fully saturated rings. The Kier molecular flexibility index (Phi) is 5.15. The Morgan fingerprint density at radius 1 is 1.44 bits per heavy atom. The van der Waals surface area contributed by atoms with Gasteiger partial charge in [0, 0.05) is 20.0 Å². The first-order valence-electron chi connectivity index (χ1n) is 5.27. The van der Waals surface area contributed by atoms with Gasteiger partial charge in [-0.25, -0.2) is 0 Å². The van der Waals surface area contributed by atoms with E-state index in [4.69, 9.17) is 5.73 Å². The van der Waals surface area contributed by atoms with E-state index in [-0.39, 0.29) is 12.3 Å². The average Bonchev–Trinajstić information content (AvgIpc) is 2.18.